The SMILES string of the molecule is COc1ccc(CN(C(=O)C2=CC=C(NC3CCNCC3)C2)c2ccccc2)cc1. The van der Waals surface area contributed by atoms with E-state index in [0.29, 0.717) is 19.0 Å². The molecule has 5 heteroatoms. The summed E-state index contributed by atoms with van der Waals surface area (Å²) in [6, 6.07) is 18.2. The molecule has 156 valence electrons. The molecule has 0 saturated carbocycles. The molecule has 0 aromatic heterocycles. The third kappa shape index (κ3) is 4.92. The van der Waals surface area contributed by atoms with Crippen LogP contribution in [0.2, 0.25) is 0 Å². The lowest BCUT2D eigenvalue weighted by molar-refractivity contribution is -0.115. The van der Waals surface area contributed by atoms with Crippen molar-refractivity contribution in [3.8, 4) is 5.75 Å². The fraction of sp³-hybridized carbons (Fsp3) is 0.320. The van der Waals surface area contributed by atoms with Gasteiger partial charge in [-0.25, -0.2) is 0 Å². The molecule has 4 rings (SSSR count). The molecule has 0 unspecified atom stereocenters. The Morgan fingerprint density at radius 3 is 2.50 bits per heavy atom. The third-order valence-electron chi connectivity index (χ3n) is 5.68. The van der Waals surface area contributed by atoms with Gasteiger partial charge in [-0.15, -0.1) is 0 Å². The van der Waals surface area contributed by atoms with Crippen molar-refractivity contribution in [3.63, 3.8) is 0 Å². The number of nitrogens with zero attached hydrogens (tertiary/aromatic N) is 1. The summed E-state index contributed by atoms with van der Waals surface area (Å²) in [5.74, 6) is 0.864. The van der Waals surface area contributed by atoms with Crippen LogP contribution in [-0.4, -0.2) is 32.1 Å². The van der Waals surface area contributed by atoms with Crippen LogP contribution in [0, 0.1) is 0 Å². The van der Waals surface area contributed by atoms with Gasteiger partial charge >= 0.3 is 0 Å². The number of allylic oxidation sites excluding steroid dienone is 3. The van der Waals surface area contributed by atoms with Crippen molar-refractivity contribution in [1.82, 2.24) is 10.6 Å². The third-order valence-corrected chi connectivity index (χ3v) is 5.68. The van der Waals surface area contributed by atoms with Crippen LogP contribution >= 0.6 is 0 Å². The van der Waals surface area contributed by atoms with Crippen molar-refractivity contribution in [2.75, 3.05) is 25.1 Å². The number of amides is 1. The molecule has 0 radical (unpaired) electrons. The highest BCUT2D eigenvalue weighted by Gasteiger charge is 2.24. The second kappa shape index (κ2) is 9.63. The minimum Gasteiger partial charge on any atom is -0.497 e. The molecule has 1 amide bonds. The minimum absolute atomic E-state index is 0.0513. The molecule has 0 bridgehead atoms. The van der Waals surface area contributed by atoms with Gasteiger partial charge in [-0.2, -0.15) is 0 Å². The maximum atomic E-state index is 13.5. The van der Waals surface area contributed by atoms with Crippen LogP contribution in [-0.2, 0) is 11.3 Å². The monoisotopic (exact) mass is 403 g/mol. The Morgan fingerprint density at radius 2 is 1.80 bits per heavy atom. The number of para-hydroxylation sites is 1. The molecule has 30 heavy (non-hydrogen) atoms. The highest BCUT2D eigenvalue weighted by Crippen LogP contribution is 2.26. The van der Waals surface area contributed by atoms with E-state index in [1.165, 1.54) is 0 Å². The van der Waals surface area contributed by atoms with Crippen LogP contribution in [0.4, 0.5) is 5.69 Å². The minimum atomic E-state index is 0.0513. The lowest BCUT2D eigenvalue weighted by atomic mass is 10.1. The van der Waals surface area contributed by atoms with Crippen molar-refractivity contribution in [3.05, 3.63) is 83.6 Å². The predicted molar refractivity (Wildman–Crippen MR) is 120 cm³/mol. The van der Waals surface area contributed by atoms with Crippen LogP contribution in [0.3, 0.4) is 0 Å². The van der Waals surface area contributed by atoms with E-state index < -0.39 is 0 Å². The lowest BCUT2D eigenvalue weighted by Gasteiger charge is -2.26. The van der Waals surface area contributed by atoms with Crippen molar-refractivity contribution in [1.29, 1.82) is 0 Å². The van der Waals surface area contributed by atoms with Gasteiger partial charge in [0.15, 0.2) is 0 Å². The Kier molecular flexibility index (Phi) is 6.50. The highest BCUT2D eigenvalue weighted by molar-refractivity contribution is 6.06. The molecular formula is C25H29N3O2. The van der Waals surface area contributed by atoms with E-state index in [2.05, 4.69) is 16.7 Å². The summed E-state index contributed by atoms with van der Waals surface area (Å²) in [6.07, 6.45) is 6.93. The quantitative estimate of drug-likeness (QED) is 0.739. The smallest absolute Gasteiger partial charge is 0.254 e. The first-order chi connectivity index (χ1) is 14.7. The van der Waals surface area contributed by atoms with Gasteiger partial charge in [0.05, 0.1) is 13.7 Å². The van der Waals surface area contributed by atoms with E-state index in [9.17, 15) is 4.79 Å². The number of ether oxygens (including phenoxy) is 1. The standard InChI is InChI=1S/C25H29N3O2/c1-30-24-11-7-19(8-12-24)18-28(23-5-3-2-4-6-23)25(29)20-9-10-22(17-20)27-21-13-15-26-16-14-21/h2-12,21,26-27H,13-18H2,1H3. The van der Waals surface area contributed by atoms with Gasteiger partial charge in [0.25, 0.3) is 5.91 Å². The van der Waals surface area contributed by atoms with E-state index >= 15 is 0 Å². The molecule has 5 nitrogen and oxygen atoms in total. The van der Waals surface area contributed by atoms with Gasteiger partial charge in [-0.3, -0.25) is 4.79 Å². The topological polar surface area (TPSA) is 53.6 Å². The summed E-state index contributed by atoms with van der Waals surface area (Å²) < 4.78 is 5.25. The molecule has 1 fully saturated rings. The molecule has 1 heterocycles. The van der Waals surface area contributed by atoms with E-state index in [0.717, 1.165) is 54.2 Å². The van der Waals surface area contributed by atoms with Gasteiger partial charge in [0.1, 0.15) is 5.75 Å². The summed E-state index contributed by atoms with van der Waals surface area (Å²) in [4.78, 5) is 15.3. The number of methoxy groups -OCH3 is 1. The lowest BCUT2D eigenvalue weighted by Crippen LogP contribution is -2.39. The molecule has 2 aromatic rings. The summed E-state index contributed by atoms with van der Waals surface area (Å²) in [6.45, 7) is 2.61. The van der Waals surface area contributed by atoms with Crippen LogP contribution in [0.1, 0.15) is 24.8 Å². The van der Waals surface area contributed by atoms with E-state index in [4.69, 9.17) is 4.74 Å². The summed E-state index contributed by atoms with van der Waals surface area (Å²) >= 11 is 0. The number of nitrogens with one attached hydrogen (secondary N) is 2. The Morgan fingerprint density at radius 1 is 1.07 bits per heavy atom. The Labute approximate surface area is 178 Å². The molecule has 1 aliphatic carbocycles. The summed E-state index contributed by atoms with van der Waals surface area (Å²) in [7, 11) is 1.66. The van der Waals surface area contributed by atoms with Crippen molar-refractivity contribution < 1.29 is 9.53 Å². The zero-order valence-electron chi connectivity index (χ0n) is 17.4. The normalized spacial score (nSPS) is 16.6. The van der Waals surface area contributed by atoms with Crippen molar-refractivity contribution in [2.45, 2.75) is 31.8 Å². The molecular weight excluding hydrogens is 374 g/mol. The van der Waals surface area contributed by atoms with Crippen molar-refractivity contribution >= 4 is 11.6 Å². The second-order valence-electron chi connectivity index (χ2n) is 7.80. The highest BCUT2D eigenvalue weighted by atomic mass is 16.5. The van der Waals surface area contributed by atoms with Crippen LogP contribution in [0.25, 0.3) is 0 Å². The maximum Gasteiger partial charge on any atom is 0.254 e. The van der Waals surface area contributed by atoms with E-state index in [1.807, 2.05) is 65.6 Å². The predicted octanol–water partition coefficient (Wildman–Crippen LogP) is 3.78. The first-order valence-corrected chi connectivity index (χ1v) is 10.6. The van der Waals surface area contributed by atoms with Gasteiger partial charge in [0, 0.05) is 29.4 Å². The first kappa shape index (κ1) is 20.2. The zero-order valence-corrected chi connectivity index (χ0v) is 17.4. The number of carbonyl (C=O) groups is 1. The van der Waals surface area contributed by atoms with Gasteiger partial charge in [-0.05, 0) is 61.8 Å². The van der Waals surface area contributed by atoms with E-state index in [1.54, 1.807) is 7.11 Å². The summed E-state index contributed by atoms with van der Waals surface area (Å²) in [5, 5.41) is 7.02. The van der Waals surface area contributed by atoms with E-state index in [-0.39, 0.29) is 5.91 Å². The number of carbonyl (C=O) groups excluding carboxylic acids is 1. The molecule has 1 saturated heterocycles. The number of hydrogen-bond acceptors (Lipinski definition) is 4. The molecule has 0 atom stereocenters. The second-order valence-corrected chi connectivity index (χ2v) is 7.80. The average molecular weight is 404 g/mol. The first-order valence-electron chi connectivity index (χ1n) is 10.6. The van der Waals surface area contributed by atoms with Gasteiger partial charge < -0.3 is 20.3 Å². The Hall–Kier alpha value is -3.05. The fourth-order valence-corrected chi connectivity index (χ4v) is 3.97. The fourth-order valence-electron chi connectivity index (χ4n) is 3.97. The molecule has 0 spiro atoms. The molecule has 1 aliphatic heterocycles. The van der Waals surface area contributed by atoms with Crippen molar-refractivity contribution in [2.24, 2.45) is 0 Å². The number of rotatable bonds is 7. The van der Waals surface area contributed by atoms with Crippen LogP contribution < -0.4 is 20.3 Å². The zero-order chi connectivity index (χ0) is 20.8. The van der Waals surface area contributed by atoms with Gasteiger partial charge in [0.2, 0.25) is 0 Å². The largest absolute Gasteiger partial charge is 0.497 e. The summed E-state index contributed by atoms with van der Waals surface area (Å²) in [5.41, 5.74) is 3.93. The number of hydrogen-bond donors (Lipinski definition) is 2. The average Bonchev–Trinajstić information content (AvgIpc) is 3.27. The van der Waals surface area contributed by atoms with Gasteiger partial charge in [-0.1, -0.05) is 36.4 Å². The maximum absolute atomic E-state index is 13.5. The van der Waals surface area contributed by atoms with Crippen LogP contribution in [0.15, 0.2) is 78.0 Å². The number of piperidine rings is 1. The molecule has 2 aliphatic rings. The number of anilines is 1. The number of benzene rings is 2. The van der Waals surface area contributed by atoms with Crippen LogP contribution in [0.5, 0.6) is 5.75 Å². The molecule has 2 N–H and O–H groups in total. The Balaban J connectivity index is 1.46. The molecule has 2 aromatic carbocycles. The Bertz CT molecular complexity index is 913.